The van der Waals surface area contributed by atoms with E-state index >= 15 is 0 Å². The number of hydrazone groups is 1. The molecule has 2 aromatic rings. The molecule has 0 fully saturated rings. The Morgan fingerprint density at radius 1 is 1.16 bits per heavy atom. The van der Waals surface area contributed by atoms with E-state index in [9.17, 15) is 4.79 Å². The van der Waals surface area contributed by atoms with Crippen LogP contribution in [-0.4, -0.2) is 34.1 Å². The normalized spacial score (nSPS) is 16.5. The Hall–Kier alpha value is -2.81. The van der Waals surface area contributed by atoms with Gasteiger partial charge in [-0.2, -0.15) is 15.1 Å². The lowest BCUT2D eigenvalue weighted by Crippen LogP contribution is -2.35. The van der Waals surface area contributed by atoms with Crippen LogP contribution in [0.2, 0.25) is 10.0 Å². The van der Waals surface area contributed by atoms with Crippen LogP contribution in [0.25, 0.3) is 6.08 Å². The van der Waals surface area contributed by atoms with Crippen LogP contribution in [0.3, 0.4) is 0 Å². The maximum atomic E-state index is 12.4. The zero-order chi connectivity index (χ0) is 22.0. The second kappa shape index (κ2) is 9.13. The molecule has 0 saturated heterocycles. The third kappa shape index (κ3) is 4.46. The summed E-state index contributed by atoms with van der Waals surface area (Å²) in [6.07, 6.45) is 1.58. The molecule has 0 unspecified atom stereocenters. The molecular weight excluding hydrogens is 459 g/mol. The van der Waals surface area contributed by atoms with Crippen molar-refractivity contribution in [2.75, 3.05) is 6.61 Å². The minimum absolute atomic E-state index is 0.0251. The highest BCUT2D eigenvalue weighted by Crippen LogP contribution is 2.33. The Morgan fingerprint density at radius 3 is 2.68 bits per heavy atom. The van der Waals surface area contributed by atoms with E-state index in [4.69, 9.17) is 38.1 Å². The van der Waals surface area contributed by atoms with Crippen molar-refractivity contribution in [3.63, 3.8) is 0 Å². The fourth-order valence-corrected chi connectivity index (χ4v) is 4.04. The minimum atomic E-state index is -0.485. The third-order valence-electron chi connectivity index (χ3n) is 4.41. The van der Waals surface area contributed by atoms with Crippen molar-refractivity contribution < 1.29 is 14.3 Å². The smallest absolute Gasteiger partial charge is 0.283 e. The number of aliphatic imine (C=N–C) groups is 1. The summed E-state index contributed by atoms with van der Waals surface area (Å²) in [6.45, 7) is 2.45. The summed E-state index contributed by atoms with van der Waals surface area (Å²) in [7, 11) is 0. The summed E-state index contributed by atoms with van der Waals surface area (Å²) in [6, 6.07) is 10.5. The molecule has 2 aromatic carbocycles. The molecule has 1 amide bonds. The Balaban J connectivity index is 1.60. The predicted molar refractivity (Wildman–Crippen MR) is 124 cm³/mol. The van der Waals surface area contributed by atoms with Crippen molar-refractivity contribution in [2.24, 2.45) is 10.1 Å². The first kappa shape index (κ1) is 21.4. The summed E-state index contributed by atoms with van der Waals surface area (Å²) in [5, 5.41) is 15.1. The van der Waals surface area contributed by atoms with Crippen molar-refractivity contribution in [3.8, 4) is 11.5 Å². The molecule has 0 radical (unpaired) electrons. The number of hydrogen-bond acceptors (Lipinski definition) is 6. The van der Waals surface area contributed by atoms with Crippen molar-refractivity contribution >= 4 is 63.5 Å². The Bertz CT molecular complexity index is 1140. The summed E-state index contributed by atoms with van der Waals surface area (Å²) in [4.78, 5) is 16.4. The molecular formula is C21H16Cl2N4O3S. The van der Waals surface area contributed by atoms with Crippen LogP contribution < -0.4 is 9.47 Å². The number of nitrogens with zero attached hydrogens (tertiary/aromatic N) is 3. The lowest BCUT2D eigenvalue weighted by molar-refractivity contribution is -0.114. The number of ether oxygens (including phenoxy) is 2. The molecule has 2 heterocycles. The number of amidine groups is 2. The van der Waals surface area contributed by atoms with Gasteiger partial charge in [0.1, 0.15) is 6.61 Å². The molecule has 158 valence electrons. The number of thioether (sulfide) groups is 1. The summed E-state index contributed by atoms with van der Waals surface area (Å²) in [5.74, 6) is 0.489. The SMILES string of the molecule is CCOc1cc(/C=C2\C(=N)N3N=CSC3=NC2=O)ccc1OCc1c(Cl)cccc1Cl. The number of fused-ring (bicyclic) bond motifs is 1. The fourth-order valence-electron chi connectivity index (χ4n) is 2.93. The number of hydrogen-bond donors (Lipinski definition) is 1. The van der Waals surface area contributed by atoms with Crippen molar-refractivity contribution in [2.45, 2.75) is 13.5 Å². The van der Waals surface area contributed by atoms with Gasteiger partial charge in [-0.25, -0.2) is 0 Å². The molecule has 7 nitrogen and oxygen atoms in total. The predicted octanol–water partition coefficient (Wildman–Crippen LogP) is 5.22. The van der Waals surface area contributed by atoms with Gasteiger partial charge in [-0.1, -0.05) is 35.3 Å². The van der Waals surface area contributed by atoms with Gasteiger partial charge in [-0.05, 0) is 54.6 Å². The van der Waals surface area contributed by atoms with E-state index in [1.54, 1.807) is 42.5 Å². The molecule has 4 rings (SSSR count). The van der Waals surface area contributed by atoms with E-state index in [0.29, 0.717) is 44.4 Å². The standard InChI is InChI=1S/C21H16Cl2N4O3S/c1-2-29-18-9-12(8-13-19(24)27-21(26-20(13)28)31-11-25-27)6-7-17(18)30-10-14-15(22)4-3-5-16(14)23/h3-9,11,24H,2,10H2,1H3/b13-8+,24-19?. The summed E-state index contributed by atoms with van der Waals surface area (Å²) in [5.41, 5.74) is 3.02. The molecule has 0 spiro atoms. The highest BCUT2D eigenvalue weighted by atomic mass is 35.5. The van der Waals surface area contributed by atoms with Gasteiger partial charge >= 0.3 is 0 Å². The number of rotatable bonds is 6. The molecule has 10 heteroatoms. The Labute approximate surface area is 192 Å². The number of carbonyl (C=O) groups is 1. The third-order valence-corrected chi connectivity index (χ3v) is 5.79. The number of amides is 1. The quantitative estimate of drug-likeness (QED) is 0.579. The molecule has 0 aliphatic carbocycles. The van der Waals surface area contributed by atoms with Gasteiger partial charge < -0.3 is 9.47 Å². The van der Waals surface area contributed by atoms with Crippen molar-refractivity contribution in [3.05, 3.63) is 63.1 Å². The Kier molecular flexibility index (Phi) is 6.31. The van der Waals surface area contributed by atoms with Gasteiger partial charge in [0.25, 0.3) is 5.91 Å². The van der Waals surface area contributed by atoms with Crippen LogP contribution in [0.15, 0.2) is 52.1 Å². The molecule has 2 aliphatic heterocycles. The van der Waals surface area contributed by atoms with Crippen LogP contribution in [0.1, 0.15) is 18.1 Å². The van der Waals surface area contributed by atoms with Gasteiger partial charge in [0.2, 0.25) is 0 Å². The maximum Gasteiger partial charge on any atom is 0.283 e. The second-order valence-corrected chi connectivity index (χ2v) is 8.01. The topological polar surface area (TPSA) is 87.3 Å². The Morgan fingerprint density at radius 2 is 1.94 bits per heavy atom. The lowest BCUT2D eigenvalue weighted by Gasteiger charge is -2.20. The summed E-state index contributed by atoms with van der Waals surface area (Å²) < 4.78 is 11.6. The molecule has 0 saturated carbocycles. The van der Waals surface area contributed by atoms with E-state index in [1.807, 2.05) is 6.92 Å². The maximum absolute atomic E-state index is 12.4. The van der Waals surface area contributed by atoms with Crippen LogP contribution in [-0.2, 0) is 11.4 Å². The molecule has 31 heavy (non-hydrogen) atoms. The van der Waals surface area contributed by atoms with Crippen molar-refractivity contribution in [1.82, 2.24) is 5.01 Å². The molecule has 0 bridgehead atoms. The highest BCUT2D eigenvalue weighted by Gasteiger charge is 2.32. The first-order valence-electron chi connectivity index (χ1n) is 9.23. The second-order valence-electron chi connectivity index (χ2n) is 6.38. The number of carbonyl (C=O) groups excluding carboxylic acids is 1. The van der Waals surface area contributed by atoms with Gasteiger partial charge in [0.15, 0.2) is 22.5 Å². The van der Waals surface area contributed by atoms with Gasteiger partial charge in [0, 0.05) is 15.6 Å². The number of benzene rings is 2. The van der Waals surface area contributed by atoms with E-state index in [1.165, 1.54) is 22.3 Å². The monoisotopic (exact) mass is 474 g/mol. The zero-order valence-corrected chi connectivity index (χ0v) is 18.6. The van der Waals surface area contributed by atoms with Crippen LogP contribution >= 0.6 is 35.0 Å². The van der Waals surface area contributed by atoms with Crippen LogP contribution in [0.5, 0.6) is 11.5 Å². The minimum Gasteiger partial charge on any atom is -0.490 e. The van der Waals surface area contributed by atoms with Gasteiger partial charge in [-0.15, -0.1) is 0 Å². The average molecular weight is 475 g/mol. The van der Waals surface area contributed by atoms with Crippen molar-refractivity contribution in [1.29, 1.82) is 5.41 Å². The molecule has 2 aliphatic rings. The zero-order valence-electron chi connectivity index (χ0n) is 16.3. The number of nitrogens with one attached hydrogen (secondary N) is 1. The first-order chi connectivity index (χ1) is 15.0. The molecule has 1 N–H and O–H groups in total. The average Bonchev–Trinajstić information content (AvgIpc) is 3.21. The largest absolute Gasteiger partial charge is 0.490 e. The van der Waals surface area contributed by atoms with Crippen LogP contribution in [0, 0.1) is 5.41 Å². The lowest BCUT2D eigenvalue weighted by atomic mass is 10.1. The molecule has 0 aromatic heterocycles. The highest BCUT2D eigenvalue weighted by molar-refractivity contribution is 8.25. The van der Waals surface area contributed by atoms with E-state index in [-0.39, 0.29) is 18.0 Å². The van der Waals surface area contributed by atoms with Gasteiger partial charge in [-0.3, -0.25) is 10.2 Å². The first-order valence-corrected chi connectivity index (χ1v) is 10.9. The van der Waals surface area contributed by atoms with E-state index in [2.05, 4.69) is 10.1 Å². The molecule has 0 atom stereocenters. The van der Waals surface area contributed by atoms with Gasteiger partial charge in [0.05, 0.1) is 17.7 Å². The van der Waals surface area contributed by atoms with E-state index in [0.717, 1.165) is 0 Å². The fraction of sp³-hybridized carbons (Fsp3) is 0.143. The summed E-state index contributed by atoms with van der Waals surface area (Å²) >= 11 is 13.6. The number of halogens is 2. The van der Waals surface area contributed by atoms with E-state index < -0.39 is 5.91 Å². The van der Waals surface area contributed by atoms with Crippen LogP contribution in [0.4, 0.5) is 0 Å².